The van der Waals surface area contributed by atoms with Crippen molar-refractivity contribution in [3.05, 3.63) is 23.8 Å². The second-order valence-electron chi connectivity index (χ2n) is 15.8. The number of esters is 1. The lowest BCUT2D eigenvalue weighted by Gasteiger charge is -2.43. The van der Waals surface area contributed by atoms with E-state index in [1.165, 1.54) is 38.5 Å². The van der Waals surface area contributed by atoms with Crippen molar-refractivity contribution in [2.75, 3.05) is 46.3 Å². The molecule has 11 unspecified atom stereocenters. The van der Waals surface area contributed by atoms with Gasteiger partial charge in [-0.25, -0.2) is 0 Å². The minimum Gasteiger partial charge on any atom is -0.462 e. The van der Waals surface area contributed by atoms with Gasteiger partial charge in [0.15, 0.2) is 12.1 Å². The third-order valence-corrected chi connectivity index (χ3v) is 11.8. The zero-order valence-corrected chi connectivity index (χ0v) is 31.9. The average Bonchev–Trinajstić information content (AvgIpc) is 3.11. The number of nitrogens with zero attached hydrogens (tertiary/aromatic N) is 2. The molecule has 0 aromatic carbocycles. The van der Waals surface area contributed by atoms with Gasteiger partial charge in [0.2, 0.25) is 0 Å². The molecule has 50 heavy (non-hydrogen) atoms. The minimum atomic E-state index is -1.01. The molecule has 0 spiro atoms. The van der Waals surface area contributed by atoms with E-state index >= 15 is 0 Å². The smallest absolute Gasteiger partial charge is 0.308 e. The van der Waals surface area contributed by atoms with Crippen molar-refractivity contribution in [1.82, 2.24) is 15.1 Å². The van der Waals surface area contributed by atoms with E-state index in [0.717, 1.165) is 51.3 Å². The predicted molar refractivity (Wildman–Crippen MR) is 197 cm³/mol. The van der Waals surface area contributed by atoms with Crippen LogP contribution in [0.4, 0.5) is 0 Å². The summed E-state index contributed by atoms with van der Waals surface area (Å²) in [6.45, 7) is 15.7. The largest absolute Gasteiger partial charge is 0.462 e. The highest BCUT2D eigenvalue weighted by molar-refractivity contribution is 5.91. The maximum absolute atomic E-state index is 13.7. The van der Waals surface area contributed by atoms with Crippen LogP contribution in [0.2, 0.25) is 0 Å². The molecule has 4 aliphatic heterocycles. The van der Waals surface area contributed by atoms with E-state index in [-0.39, 0.29) is 42.1 Å². The number of likely N-dealkylation sites (N-methyl/N-ethyl adjacent to an activating group) is 1. The summed E-state index contributed by atoms with van der Waals surface area (Å²) in [5.74, 6) is -1.13. The molecule has 0 saturated carbocycles. The molecule has 4 aliphatic rings. The fraction of sp³-hybridized carbons (Fsp3) is 0.850. The number of ether oxygens (including phenoxy) is 3. The SMILES string of the molecule is CCC1OC(=O)CC(O)C(C)C(OC2CC(NC)C(O)C(C)O2)C(CCN2CCCCC2)CC(C)C(=O)/C=C/C(C)=C/C1CN1CCCCC1. The Morgan fingerprint density at radius 3 is 2.24 bits per heavy atom. The third-order valence-electron chi connectivity index (χ3n) is 11.8. The minimum absolute atomic E-state index is 0.0298. The second kappa shape index (κ2) is 20.5. The predicted octanol–water partition coefficient (Wildman–Crippen LogP) is 4.87. The Balaban J connectivity index is 1.65. The number of rotatable bonds is 9. The van der Waals surface area contributed by atoms with E-state index < -0.39 is 42.6 Å². The number of hydrogen-bond donors (Lipinski definition) is 3. The molecule has 3 saturated heterocycles. The van der Waals surface area contributed by atoms with Gasteiger partial charge >= 0.3 is 5.97 Å². The maximum Gasteiger partial charge on any atom is 0.308 e. The fourth-order valence-electron chi connectivity index (χ4n) is 8.54. The van der Waals surface area contributed by atoms with Crippen molar-refractivity contribution in [3.8, 4) is 0 Å². The van der Waals surface area contributed by atoms with Gasteiger partial charge in [0, 0.05) is 36.8 Å². The number of piperidine rings is 2. The van der Waals surface area contributed by atoms with Crippen LogP contribution in [0.3, 0.4) is 0 Å². The third kappa shape index (κ3) is 12.2. The second-order valence-corrected chi connectivity index (χ2v) is 15.8. The number of allylic oxidation sites excluding steroid dienone is 3. The Labute approximate surface area is 302 Å². The van der Waals surface area contributed by atoms with Crippen LogP contribution in [0, 0.1) is 23.7 Å². The molecule has 0 radical (unpaired) electrons. The molecule has 0 bridgehead atoms. The highest BCUT2D eigenvalue weighted by atomic mass is 16.7. The number of ketones is 1. The number of cyclic esters (lactones) is 1. The van der Waals surface area contributed by atoms with E-state index in [4.69, 9.17) is 14.2 Å². The molecule has 3 N–H and O–H groups in total. The molecule has 3 fully saturated rings. The van der Waals surface area contributed by atoms with E-state index in [0.29, 0.717) is 19.3 Å². The first kappa shape index (κ1) is 41.1. The van der Waals surface area contributed by atoms with Gasteiger partial charge in [-0.2, -0.15) is 0 Å². The van der Waals surface area contributed by atoms with Crippen LogP contribution in [0.25, 0.3) is 0 Å². The van der Waals surface area contributed by atoms with Crippen LogP contribution in [-0.4, -0.2) is 121 Å². The van der Waals surface area contributed by atoms with Crippen molar-refractivity contribution in [1.29, 1.82) is 0 Å². The van der Waals surface area contributed by atoms with E-state index in [2.05, 4.69) is 21.2 Å². The van der Waals surface area contributed by atoms with Gasteiger partial charge in [0.1, 0.15) is 6.10 Å². The lowest BCUT2D eigenvalue weighted by molar-refractivity contribution is -0.259. The molecule has 11 atom stereocenters. The number of aliphatic hydroxyl groups is 2. The van der Waals surface area contributed by atoms with E-state index in [1.54, 1.807) is 6.08 Å². The van der Waals surface area contributed by atoms with Gasteiger partial charge in [-0.1, -0.05) is 51.3 Å². The first-order valence-corrected chi connectivity index (χ1v) is 19.9. The highest BCUT2D eigenvalue weighted by Gasteiger charge is 2.41. The fourth-order valence-corrected chi connectivity index (χ4v) is 8.54. The van der Waals surface area contributed by atoms with Crippen LogP contribution >= 0.6 is 0 Å². The van der Waals surface area contributed by atoms with Gasteiger partial charge in [-0.3, -0.25) is 9.59 Å². The summed E-state index contributed by atoms with van der Waals surface area (Å²) in [7, 11) is 1.83. The number of likely N-dealkylation sites (tertiary alicyclic amines) is 2. The van der Waals surface area contributed by atoms with Gasteiger partial charge in [-0.15, -0.1) is 0 Å². The van der Waals surface area contributed by atoms with Gasteiger partial charge in [0.25, 0.3) is 0 Å². The monoisotopic (exact) mass is 704 g/mol. The normalized spacial score (nSPS) is 39.8. The molecule has 0 amide bonds. The summed E-state index contributed by atoms with van der Waals surface area (Å²) in [6.07, 6.45) is 11.8. The topological polar surface area (TPSA) is 121 Å². The molecule has 10 heteroatoms. The van der Waals surface area contributed by atoms with E-state index in [1.807, 2.05) is 47.7 Å². The van der Waals surface area contributed by atoms with Crippen molar-refractivity contribution in [3.63, 3.8) is 0 Å². The van der Waals surface area contributed by atoms with Gasteiger partial charge in [0.05, 0.1) is 30.8 Å². The summed E-state index contributed by atoms with van der Waals surface area (Å²) in [4.78, 5) is 32.3. The summed E-state index contributed by atoms with van der Waals surface area (Å²) < 4.78 is 19.2. The Morgan fingerprint density at radius 1 is 0.940 bits per heavy atom. The molecule has 286 valence electrons. The van der Waals surface area contributed by atoms with Crippen molar-refractivity contribution >= 4 is 11.8 Å². The number of carbonyl (C=O) groups excluding carboxylic acids is 2. The van der Waals surface area contributed by atoms with Crippen LogP contribution < -0.4 is 5.32 Å². The highest BCUT2D eigenvalue weighted by Crippen LogP contribution is 2.34. The van der Waals surface area contributed by atoms with Crippen molar-refractivity contribution in [2.45, 2.75) is 148 Å². The Bertz CT molecular complexity index is 1100. The molecule has 4 heterocycles. The quantitative estimate of drug-likeness (QED) is 0.287. The number of carbonyl (C=O) groups is 2. The molecule has 4 rings (SSSR count). The molecular formula is C40H69N3O7. The zero-order chi connectivity index (χ0) is 36.2. The van der Waals surface area contributed by atoms with Crippen LogP contribution in [0.1, 0.15) is 105 Å². The summed E-state index contributed by atoms with van der Waals surface area (Å²) >= 11 is 0. The first-order chi connectivity index (χ1) is 24.0. The van der Waals surface area contributed by atoms with Crippen LogP contribution in [-0.2, 0) is 23.8 Å². The van der Waals surface area contributed by atoms with Gasteiger partial charge in [-0.05, 0) is 111 Å². The van der Waals surface area contributed by atoms with Gasteiger partial charge < -0.3 is 39.5 Å². The first-order valence-electron chi connectivity index (χ1n) is 19.9. The number of aliphatic hydroxyl groups excluding tert-OH is 2. The summed E-state index contributed by atoms with van der Waals surface area (Å²) in [5, 5.41) is 25.7. The summed E-state index contributed by atoms with van der Waals surface area (Å²) in [5.41, 5.74) is 0.982. The molecule has 0 aliphatic carbocycles. The maximum atomic E-state index is 13.7. The Hall–Kier alpha value is -1.66. The zero-order valence-electron chi connectivity index (χ0n) is 31.9. The number of hydrogen-bond acceptors (Lipinski definition) is 10. The Morgan fingerprint density at radius 2 is 1.60 bits per heavy atom. The molecular weight excluding hydrogens is 634 g/mol. The molecule has 0 aromatic rings. The lowest BCUT2D eigenvalue weighted by Crippen LogP contribution is -2.54. The molecule has 10 nitrogen and oxygen atoms in total. The standard InChI is InChI=1S/C40H69N3O7/c1-7-36-32(26-43-19-12-9-13-20-43)22-27(2)14-15-34(44)28(3)23-31(16-21-42-17-10-8-11-18-42)40(29(4)35(45)25-37(46)49-36)50-38-24-33(41-6)39(47)30(5)48-38/h14-15,22,28-33,35-36,38-41,45,47H,7-13,16-21,23-26H2,1-6H3/b15-14+,27-22+. The van der Waals surface area contributed by atoms with E-state index in [9.17, 15) is 19.8 Å². The van der Waals surface area contributed by atoms with Crippen LogP contribution in [0.5, 0.6) is 0 Å². The lowest BCUT2D eigenvalue weighted by atomic mass is 9.79. The summed E-state index contributed by atoms with van der Waals surface area (Å²) in [6, 6.07) is -0.206. The molecule has 0 aromatic heterocycles. The average molecular weight is 704 g/mol. The van der Waals surface area contributed by atoms with Crippen molar-refractivity contribution in [2.24, 2.45) is 23.7 Å². The van der Waals surface area contributed by atoms with Crippen molar-refractivity contribution < 1.29 is 34.0 Å². The Kier molecular flexibility index (Phi) is 16.9. The number of nitrogens with one attached hydrogen (secondary N) is 1. The van der Waals surface area contributed by atoms with Crippen LogP contribution in [0.15, 0.2) is 23.8 Å².